The van der Waals surface area contributed by atoms with Crippen LogP contribution in [-0.4, -0.2) is 41.2 Å². The summed E-state index contributed by atoms with van der Waals surface area (Å²) in [4.78, 5) is 28.6. The van der Waals surface area contributed by atoms with E-state index in [1.807, 2.05) is 31.2 Å². The Kier molecular flexibility index (Phi) is 9.74. The van der Waals surface area contributed by atoms with Crippen molar-refractivity contribution in [3.05, 3.63) is 130 Å². The zero-order valence-electron chi connectivity index (χ0n) is 26.2. The third kappa shape index (κ3) is 6.90. The van der Waals surface area contributed by atoms with E-state index >= 15 is 0 Å². The van der Waals surface area contributed by atoms with Crippen LogP contribution in [0, 0.1) is 12.7 Å². The molecule has 6 rings (SSSR count). The first-order valence-corrected chi connectivity index (χ1v) is 16.6. The van der Waals surface area contributed by atoms with Gasteiger partial charge in [-0.25, -0.2) is 4.39 Å². The number of anilines is 1. The fourth-order valence-electron chi connectivity index (χ4n) is 5.29. The van der Waals surface area contributed by atoms with Gasteiger partial charge >= 0.3 is 5.91 Å². The number of aliphatic hydroxyl groups is 1. The average Bonchev–Trinajstić information content (AvgIpc) is 3.68. The topological polar surface area (TPSA) is 111 Å². The fraction of sp³-hybridized carbons (Fsp3) is 0.167. The van der Waals surface area contributed by atoms with E-state index in [-0.39, 0.29) is 22.3 Å². The molecule has 0 aliphatic carbocycles. The summed E-state index contributed by atoms with van der Waals surface area (Å²) in [6.45, 7) is 2.38. The number of halogens is 1. The monoisotopic (exact) mass is 683 g/mol. The molecule has 4 aromatic carbocycles. The van der Waals surface area contributed by atoms with Gasteiger partial charge in [-0.3, -0.25) is 14.5 Å². The van der Waals surface area contributed by atoms with Crippen LogP contribution >= 0.6 is 23.1 Å². The van der Waals surface area contributed by atoms with Crippen molar-refractivity contribution in [1.82, 2.24) is 10.2 Å². The minimum absolute atomic E-state index is 0.114. The van der Waals surface area contributed by atoms with Gasteiger partial charge in [0.1, 0.15) is 23.9 Å². The van der Waals surface area contributed by atoms with Crippen LogP contribution in [0.5, 0.6) is 17.2 Å². The molecule has 1 N–H and O–H groups in total. The van der Waals surface area contributed by atoms with Gasteiger partial charge in [0.2, 0.25) is 5.13 Å². The molecule has 0 radical (unpaired) electrons. The van der Waals surface area contributed by atoms with Gasteiger partial charge in [-0.1, -0.05) is 71.1 Å². The maximum absolute atomic E-state index is 13.7. The highest BCUT2D eigenvalue weighted by atomic mass is 32.2. The summed E-state index contributed by atoms with van der Waals surface area (Å²) >= 11 is 2.50. The van der Waals surface area contributed by atoms with E-state index in [9.17, 15) is 19.1 Å². The minimum Gasteiger partial charge on any atom is -0.507 e. The molecule has 1 saturated heterocycles. The number of ketones is 1. The van der Waals surface area contributed by atoms with Crippen LogP contribution in [0.1, 0.15) is 33.9 Å². The average molecular weight is 684 g/mol. The first kappa shape index (κ1) is 32.7. The van der Waals surface area contributed by atoms with Crippen molar-refractivity contribution >= 4 is 45.7 Å². The highest BCUT2D eigenvalue weighted by Gasteiger charge is 2.48. The molecule has 0 bridgehead atoms. The molecule has 48 heavy (non-hydrogen) atoms. The van der Waals surface area contributed by atoms with Gasteiger partial charge in [0.15, 0.2) is 15.8 Å². The lowest BCUT2D eigenvalue weighted by molar-refractivity contribution is -0.132. The summed E-state index contributed by atoms with van der Waals surface area (Å²) < 4.78 is 30.7. The van der Waals surface area contributed by atoms with Crippen LogP contribution in [0.25, 0.3) is 5.76 Å². The predicted molar refractivity (Wildman–Crippen MR) is 182 cm³/mol. The number of Topliss-reactive ketones (excluding diaryl/α,β-unsaturated/α-hetero) is 1. The molecule has 1 atom stereocenters. The van der Waals surface area contributed by atoms with Crippen molar-refractivity contribution in [1.29, 1.82) is 0 Å². The molecule has 2 heterocycles. The smallest absolute Gasteiger partial charge is 0.301 e. The van der Waals surface area contributed by atoms with Gasteiger partial charge < -0.3 is 19.3 Å². The minimum atomic E-state index is -1.05. The van der Waals surface area contributed by atoms with Crippen LogP contribution in [0.15, 0.2) is 101 Å². The number of thioether (sulfide) groups is 1. The number of amides is 1. The number of aryl methyl sites for hydroxylation is 1. The SMILES string of the molecule is COc1ccc(C2C(=C(O)c3ccc(OCc4cccc(C)c4)cc3)C(=O)C(=O)N2c2nnc(SCc3ccc(F)cc3)s2)cc1OC. The van der Waals surface area contributed by atoms with Gasteiger partial charge in [0, 0.05) is 11.3 Å². The summed E-state index contributed by atoms with van der Waals surface area (Å²) in [7, 11) is 2.99. The number of benzene rings is 4. The van der Waals surface area contributed by atoms with Crippen molar-refractivity contribution < 1.29 is 33.3 Å². The molecule has 1 unspecified atom stereocenters. The van der Waals surface area contributed by atoms with E-state index in [0.717, 1.165) is 28.0 Å². The number of rotatable bonds is 11. The highest BCUT2D eigenvalue weighted by molar-refractivity contribution is 8.00. The van der Waals surface area contributed by atoms with Crippen molar-refractivity contribution in [2.45, 2.75) is 29.7 Å². The molecule has 1 fully saturated rings. The number of aliphatic hydroxyl groups excluding tert-OH is 1. The maximum atomic E-state index is 13.7. The van der Waals surface area contributed by atoms with E-state index in [1.54, 1.807) is 54.6 Å². The number of nitrogens with zero attached hydrogens (tertiary/aromatic N) is 3. The Morgan fingerprint density at radius 2 is 1.67 bits per heavy atom. The molecule has 1 amide bonds. The van der Waals surface area contributed by atoms with Crippen molar-refractivity contribution in [2.75, 3.05) is 19.1 Å². The lowest BCUT2D eigenvalue weighted by Crippen LogP contribution is -2.29. The Morgan fingerprint density at radius 3 is 2.38 bits per heavy atom. The molecule has 0 saturated carbocycles. The van der Waals surface area contributed by atoms with Crippen LogP contribution < -0.4 is 19.1 Å². The lowest BCUT2D eigenvalue weighted by Gasteiger charge is -2.23. The third-order valence-corrected chi connectivity index (χ3v) is 9.79. The molecule has 12 heteroatoms. The van der Waals surface area contributed by atoms with Crippen LogP contribution in [0.4, 0.5) is 9.52 Å². The second-order valence-electron chi connectivity index (χ2n) is 10.9. The Morgan fingerprint density at radius 1 is 0.917 bits per heavy atom. The Bertz CT molecular complexity index is 2000. The zero-order valence-corrected chi connectivity index (χ0v) is 27.8. The molecule has 1 aliphatic heterocycles. The number of aromatic nitrogens is 2. The highest BCUT2D eigenvalue weighted by Crippen LogP contribution is 2.45. The van der Waals surface area contributed by atoms with E-state index in [1.165, 1.54) is 43.0 Å². The molecule has 1 aliphatic rings. The number of hydrogen-bond acceptors (Lipinski definition) is 10. The van der Waals surface area contributed by atoms with Gasteiger partial charge in [-0.05, 0) is 72.1 Å². The number of ether oxygens (including phenoxy) is 3. The van der Waals surface area contributed by atoms with E-state index in [0.29, 0.717) is 45.1 Å². The predicted octanol–water partition coefficient (Wildman–Crippen LogP) is 7.50. The van der Waals surface area contributed by atoms with Gasteiger partial charge in [0.05, 0.1) is 25.8 Å². The first-order chi connectivity index (χ1) is 23.2. The van der Waals surface area contributed by atoms with Gasteiger partial charge in [-0.15, -0.1) is 10.2 Å². The maximum Gasteiger partial charge on any atom is 0.301 e. The molecular weight excluding hydrogens is 654 g/mol. The van der Waals surface area contributed by atoms with E-state index in [4.69, 9.17) is 14.2 Å². The van der Waals surface area contributed by atoms with Crippen LogP contribution in [0.3, 0.4) is 0 Å². The molecule has 244 valence electrons. The summed E-state index contributed by atoms with van der Waals surface area (Å²) in [5.74, 6) is -0.505. The van der Waals surface area contributed by atoms with Crippen molar-refractivity contribution in [3.8, 4) is 17.2 Å². The number of carbonyl (C=O) groups excluding carboxylic acids is 2. The van der Waals surface area contributed by atoms with Crippen molar-refractivity contribution in [2.24, 2.45) is 0 Å². The fourth-order valence-corrected chi connectivity index (χ4v) is 7.11. The number of carbonyl (C=O) groups is 2. The normalized spacial score (nSPS) is 15.5. The number of methoxy groups -OCH3 is 2. The quantitative estimate of drug-likeness (QED) is 0.0498. The standard InChI is InChI=1S/C36H30FN3O6S2/c1-21-5-4-6-23(17-21)19-46-27-14-9-24(10-15-27)32(41)30-31(25-11-16-28(44-2)29(18-25)45-3)40(34(43)33(30)42)35-38-39-36(48-35)47-20-22-7-12-26(37)13-8-22/h4-18,31,41H,19-20H2,1-3H3. The Labute approximate surface area is 284 Å². The first-order valence-electron chi connectivity index (χ1n) is 14.8. The third-order valence-electron chi connectivity index (χ3n) is 7.66. The van der Waals surface area contributed by atoms with E-state index < -0.39 is 17.7 Å². The summed E-state index contributed by atoms with van der Waals surface area (Å²) in [6.07, 6.45) is 0. The summed E-state index contributed by atoms with van der Waals surface area (Å²) in [5.41, 5.74) is 3.74. The molecular formula is C36H30FN3O6S2. The lowest BCUT2D eigenvalue weighted by atomic mass is 9.95. The van der Waals surface area contributed by atoms with Gasteiger partial charge in [0.25, 0.3) is 5.78 Å². The number of hydrogen-bond donors (Lipinski definition) is 1. The largest absolute Gasteiger partial charge is 0.507 e. The molecule has 5 aromatic rings. The second kappa shape index (κ2) is 14.3. The van der Waals surface area contributed by atoms with Crippen molar-refractivity contribution in [3.63, 3.8) is 0 Å². The molecule has 9 nitrogen and oxygen atoms in total. The van der Waals surface area contributed by atoms with E-state index in [2.05, 4.69) is 10.2 Å². The summed E-state index contributed by atoms with van der Waals surface area (Å²) in [5, 5.41) is 20.3. The van der Waals surface area contributed by atoms with Crippen LogP contribution in [0.2, 0.25) is 0 Å². The van der Waals surface area contributed by atoms with Gasteiger partial charge in [-0.2, -0.15) is 0 Å². The second-order valence-corrected chi connectivity index (χ2v) is 13.0. The molecule has 1 aromatic heterocycles. The molecule has 0 spiro atoms. The van der Waals surface area contributed by atoms with Crippen LogP contribution in [-0.2, 0) is 21.9 Å². The Hall–Kier alpha value is -5.20. The summed E-state index contributed by atoms with van der Waals surface area (Å²) in [6, 6.07) is 24.8. The Balaban J connectivity index is 1.33. The zero-order chi connectivity index (χ0) is 33.8.